The number of para-hydroxylation sites is 1. The molecule has 0 fully saturated rings. The van der Waals surface area contributed by atoms with Crippen LogP contribution in [-0.2, 0) is 0 Å². The van der Waals surface area contributed by atoms with Crippen LogP contribution < -0.4 is 11.1 Å². The molecule has 0 unspecified atom stereocenters. The van der Waals surface area contributed by atoms with Crippen molar-refractivity contribution in [3.63, 3.8) is 0 Å². The molecule has 0 aliphatic rings. The third-order valence-corrected chi connectivity index (χ3v) is 2.99. The summed E-state index contributed by atoms with van der Waals surface area (Å²) in [5.41, 5.74) is 6.69. The molecular weight excluding hydrogens is 280 g/mol. The Balaban J connectivity index is 2.36. The molecule has 0 aromatic heterocycles. The lowest BCUT2D eigenvalue weighted by atomic mass is 10.1. The van der Waals surface area contributed by atoms with Gasteiger partial charge in [-0.2, -0.15) is 0 Å². The summed E-state index contributed by atoms with van der Waals surface area (Å²) in [6.07, 6.45) is 0. The van der Waals surface area contributed by atoms with E-state index in [9.17, 15) is 9.59 Å². The number of nitrogens with two attached hydrogens (primary N) is 1. The van der Waals surface area contributed by atoms with Crippen LogP contribution in [0.5, 0.6) is 0 Å². The summed E-state index contributed by atoms with van der Waals surface area (Å²) in [6, 6.07) is 11.0. The van der Waals surface area contributed by atoms with Crippen molar-refractivity contribution in [2.24, 2.45) is 5.73 Å². The zero-order chi connectivity index (χ0) is 14.7. The van der Waals surface area contributed by atoms with Gasteiger partial charge in [0, 0.05) is 0 Å². The standard InChI is InChI=1S/C14H11ClN2O3/c15-10-7-8(14(19)20)5-6-12(10)17-11-4-2-1-3-9(11)13(16)18/h1-7,17H,(H2,16,18)(H,19,20). The molecule has 5 nitrogen and oxygen atoms in total. The molecule has 0 saturated heterocycles. The van der Waals surface area contributed by atoms with Gasteiger partial charge in [-0.05, 0) is 30.3 Å². The van der Waals surface area contributed by atoms with Crippen LogP contribution in [0.3, 0.4) is 0 Å². The summed E-state index contributed by atoms with van der Waals surface area (Å²) in [5.74, 6) is -1.62. The first-order valence-corrected chi connectivity index (χ1v) is 6.05. The van der Waals surface area contributed by atoms with Crippen molar-refractivity contribution in [3.8, 4) is 0 Å². The van der Waals surface area contributed by atoms with Gasteiger partial charge in [0.2, 0.25) is 0 Å². The minimum atomic E-state index is -1.06. The van der Waals surface area contributed by atoms with Crippen LogP contribution in [0.4, 0.5) is 11.4 Å². The second kappa shape index (κ2) is 5.63. The first-order valence-electron chi connectivity index (χ1n) is 5.67. The molecule has 2 aromatic rings. The Morgan fingerprint density at radius 2 is 1.80 bits per heavy atom. The van der Waals surface area contributed by atoms with Crippen molar-refractivity contribution in [2.45, 2.75) is 0 Å². The van der Waals surface area contributed by atoms with E-state index in [2.05, 4.69) is 5.32 Å². The number of rotatable bonds is 4. The van der Waals surface area contributed by atoms with Gasteiger partial charge in [0.1, 0.15) is 0 Å². The molecule has 6 heteroatoms. The minimum absolute atomic E-state index is 0.0868. The van der Waals surface area contributed by atoms with Crippen LogP contribution in [0.1, 0.15) is 20.7 Å². The van der Waals surface area contributed by atoms with Crippen molar-refractivity contribution in [1.29, 1.82) is 0 Å². The highest BCUT2D eigenvalue weighted by Crippen LogP contribution is 2.28. The number of carbonyl (C=O) groups is 2. The van der Waals surface area contributed by atoms with E-state index in [1.54, 1.807) is 24.3 Å². The average Bonchev–Trinajstić information content (AvgIpc) is 2.41. The number of carboxylic acids is 1. The Hall–Kier alpha value is -2.53. The number of anilines is 2. The molecule has 2 aromatic carbocycles. The average molecular weight is 291 g/mol. The third kappa shape index (κ3) is 2.89. The number of benzene rings is 2. The quantitative estimate of drug-likeness (QED) is 0.807. The number of nitrogens with one attached hydrogen (secondary N) is 1. The first-order chi connectivity index (χ1) is 9.49. The number of carbonyl (C=O) groups excluding carboxylic acids is 1. The second-order valence-electron chi connectivity index (χ2n) is 4.03. The van der Waals surface area contributed by atoms with E-state index >= 15 is 0 Å². The molecule has 0 aliphatic heterocycles. The summed E-state index contributed by atoms with van der Waals surface area (Å²) in [7, 11) is 0. The van der Waals surface area contributed by atoms with E-state index in [4.69, 9.17) is 22.4 Å². The van der Waals surface area contributed by atoms with Crippen LogP contribution in [-0.4, -0.2) is 17.0 Å². The summed E-state index contributed by atoms with van der Waals surface area (Å²) in [6.45, 7) is 0. The highest BCUT2D eigenvalue weighted by atomic mass is 35.5. The Morgan fingerprint density at radius 3 is 2.40 bits per heavy atom. The largest absolute Gasteiger partial charge is 0.478 e. The summed E-state index contributed by atoms with van der Waals surface area (Å²) >= 11 is 6.01. The van der Waals surface area contributed by atoms with Gasteiger partial charge in [0.05, 0.1) is 27.5 Å². The van der Waals surface area contributed by atoms with Crippen LogP contribution in [0, 0.1) is 0 Å². The van der Waals surface area contributed by atoms with Crippen LogP contribution >= 0.6 is 11.6 Å². The van der Waals surface area contributed by atoms with Crippen molar-refractivity contribution in [1.82, 2.24) is 0 Å². The normalized spacial score (nSPS) is 10.1. The van der Waals surface area contributed by atoms with E-state index in [0.717, 1.165) is 0 Å². The lowest BCUT2D eigenvalue weighted by molar-refractivity contribution is 0.0696. The highest BCUT2D eigenvalue weighted by Gasteiger charge is 2.10. The molecule has 0 atom stereocenters. The van der Waals surface area contributed by atoms with Crippen molar-refractivity contribution in [2.75, 3.05) is 5.32 Å². The number of halogens is 1. The maximum absolute atomic E-state index is 11.3. The SMILES string of the molecule is NC(=O)c1ccccc1Nc1ccc(C(=O)O)cc1Cl. The Morgan fingerprint density at radius 1 is 1.10 bits per heavy atom. The predicted molar refractivity (Wildman–Crippen MR) is 76.7 cm³/mol. The number of carboxylic acid groups (broad SMARTS) is 1. The smallest absolute Gasteiger partial charge is 0.335 e. The van der Waals surface area contributed by atoms with Crippen LogP contribution in [0.25, 0.3) is 0 Å². The zero-order valence-electron chi connectivity index (χ0n) is 10.3. The highest BCUT2D eigenvalue weighted by molar-refractivity contribution is 6.33. The van der Waals surface area contributed by atoms with Gasteiger partial charge in [-0.25, -0.2) is 4.79 Å². The lowest BCUT2D eigenvalue weighted by Crippen LogP contribution is -2.13. The topological polar surface area (TPSA) is 92.4 Å². The number of aromatic carboxylic acids is 1. The maximum atomic E-state index is 11.3. The summed E-state index contributed by atoms with van der Waals surface area (Å²) in [5, 5.41) is 12.1. The van der Waals surface area contributed by atoms with Gasteiger partial charge in [0.15, 0.2) is 0 Å². The van der Waals surface area contributed by atoms with Gasteiger partial charge >= 0.3 is 5.97 Å². The maximum Gasteiger partial charge on any atom is 0.335 e. The zero-order valence-corrected chi connectivity index (χ0v) is 11.0. The minimum Gasteiger partial charge on any atom is -0.478 e. The van der Waals surface area contributed by atoms with Crippen molar-refractivity contribution >= 4 is 34.9 Å². The fourth-order valence-corrected chi connectivity index (χ4v) is 1.93. The van der Waals surface area contributed by atoms with E-state index in [1.807, 2.05) is 0 Å². The van der Waals surface area contributed by atoms with Crippen molar-refractivity contribution < 1.29 is 14.7 Å². The third-order valence-electron chi connectivity index (χ3n) is 2.68. The van der Waals surface area contributed by atoms with Gasteiger partial charge in [-0.3, -0.25) is 4.79 Å². The van der Waals surface area contributed by atoms with E-state index in [-0.39, 0.29) is 10.6 Å². The monoisotopic (exact) mass is 290 g/mol. The van der Waals surface area contributed by atoms with Crippen molar-refractivity contribution in [3.05, 3.63) is 58.6 Å². The molecule has 1 amide bonds. The number of primary amides is 1. The molecule has 2 rings (SSSR count). The number of hydrogen-bond acceptors (Lipinski definition) is 3. The van der Waals surface area contributed by atoms with Crippen LogP contribution in [0.15, 0.2) is 42.5 Å². The molecule has 4 N–H and O–H groups in total. The fourth-order valence-electron chi connectivity index (χ4n) is 1.70. The van der Waals surface area contributed by atoms with E-state index in [0.29, 0.717) is 16.9 Å². The Labute approximate surface area is 120 Å². The summed E-state index contributed by atoms with van der Waals surface area (Å²) in [4.78, 5) is 22.1. The Bertz CT molecular complexity index is 686. The molecule has 0 spiro atoms. The number of amides is 1. The lowest BCUT2D eigenvalue weighted by Gasteiger charge is -2.11. The first kappa shape index (κ1) is 13.9. The van der Waals surface area contributed by atoms with E-state index < -0.39 is 11.9 Å². The van der Waals surface area contributed by atoms with Gasteiger partial charge in [0.25, 0.3) is 5.91 Å². The van der Waals surface area contributed by atoms with Crippen LogP contribution in [0.2, 0.25) is 5.02 Å². The van der Waals surface area contributed by atoms with Gasteiger partial charge in [-0.15, -0.1) is 0 Å². The number of hydrogen-bond donors (Lipinski definition) is 3. The van der Waals surface area contributed by atoms with E-state index in [1.165, 1.54) is 18.2 Å². The molecule has 102 valence electrons. The molecular formula is C14H11ClN2O3. The Kier molecular flexibility index (Phi) is 3.91. The van der Waals surface area contributed by atoms with Gasteiger partial charge in [-0.1, -0.05) is 23.7 Å². The molecule has 0 bridgehead atoms. The second-order valence-corrected chi connectivity index (χ2v) is 4.44. The molecule has 0 radical (unpaired) electrons. The fraction of sp³-hybridized carbons (Fsp3) is 0. The molecule has 0 heterocycles. The molecule has 0 aliphatic carbocycles. The van der Waals surface area contributed by atoms with Gasteiger partial charge < -0.3 is 16.2 Å². The summed E-state index contributed by atoms with van der Waals surface area (Å²) < 4.78 is 0. The molecule has 20 heavy (non-hydrogen) atoms. The molecule has 0 saturated carbocycles. The predicted octanol–water partition coefficient (Wildman–Crippen LogP) is 2.88.